The summed E-state index contributed by atoms with van der Waals surface area (Å²) in [6.07, 6.45) is 3.32. The Morgan fingerprint density at radius 3 is 2.88 bits per heavy atom. The van der Waals surface area contributed by atoms with Crippen LogP contribution in [-0.4, -0.2) is 34.8 Å². The fraction of sp³-hybridized carbons (Fsp3) is 0.353. The van der Waals surface area contributed by atoms with Crippen LogP contribution in [0.2, 0.25) is 0 Å². The molecule has 2 aromatic rings. The molecule has 25 heavy (non-hydrogen) atoms. The lowest BCUT2D eigenvalue weighted by molar-refractivity contribution is -0.141. The molecule has 1 amide bonds. The van der Waals surface area contributed by atoms with E-state index in [1.807, 2.05) is 18.2 Å². The first-order valence-electron chi connectivity index (χ1n) is 7.99. The Morgan fingerprint density at radius 1 is 1.24 bits per heavy atom. The third kappa shape index (κ3) is 3.17. The van der Waals surface area contributed by atoms with Crippen molar-refractivity contribution in [3.63, 3.8) is 0 Å². The van der Waals surface area contributed by atoms with Gasteiger partial charge >= 0.3 is 5.97 Å². The molecule has 0 spiro atoms. The van der Waals surface area contributed by atoms with E-state index in [2.05, 4.69) is 10.3 Å². The van der Waals surface area contributed by atoms with Crippen LogP contribution in [0.25, 0.3) is 10.6 Å². The maximum atomic E-state index is 12.4. The molecule has 130 valence electrons. The second kappa shape index (κ2) is 6.36. The highest BCUT2D eigenvalue weighted by Crippen LogP contribution is 2.37. The lowest BCUT2D eigenvalue weighted by atomic mass is 10.1. The van der Waals surface area contributed by atoms with Crippen LogP contribution in [-0.2, 0) is 4.79 Å². The quantitative estimate of drug-likeness (QED) is 0.869. The van der Waals surface area contributed by atoms with E-state index in [4.69, 9.17) is 14.6 Å². The van der Waals surface area contributed by atoms with Crippen molar-refractivity contribution >= 4 is 23.2 Å². The van der Waals surface area contributed by atoms with Gasteiger partial charge in [-0.1, -0.05) is 0 Å². The molecule has 0 bridgehead atoms. The van der Waals surface area contributed by atoms with E-state index in [0.29, 0.717) is 35.6 Å². The van der Waals surface area contributed by atoms with E-state index in [1.165, 1.54) is 11.3 Å². The molecule has 1 aliphatic carbocycles. The Bertz CT molecular complexity index is 834. The van der Waals surface area contributed by atoms with Gasteiger partial charge in [0.1, 0.15) is 9.88 Å². The first kappa shape index (κ1) is 15.9. The summed E-state index contributed by atoms with van der Waals surface area (Å²) < 4.78 is 10.6. The lowest BCUT2D eigenvalue weighted by Crippen LogP contribution is -2.32. The molecule has 1 saturated carbocycles. The van der Waals surface area contributed by atoms with Gasteiger partial charge in [0.2, 0.25) is 6.79 Å². The number of aliphatic carboxylic acids is 1. The van der Waals surface area contributed by atoms with Gasteiger partial charge in [0.15, 0.2) is 11.5 Å². The second-order valence-electron chi connectivity index (χ2n) is 6.12. The van der Waals surface area contributed by atoms with Crippen molar-refractivity contribution in [1.82, 2.24) is 10.3 Å². The highest BCUT2D eigenvalue weighted by molar-refractivity contribution is 7.16. The summed E-state index contributed by atoms with van der Waals surface area (Å²) >= 11 is 1.29. The molecule has 1 fully saturated rings. The Labute approximate surface area is 147 Å². The van der Waals surface area contributed by atoms with Crippen LogP contribution in [0.1, 0.15) is 28.9 Å². The van der Waals surface area contributed by atoms with Gasteiger partial charge in [0.25, 0.3) is 5.91 Å². The molecule has 1 aromatic heterocycles. The van der Waals surface area contributed by atoms with Gasteiger partial charge in [-0.25, -0.2) is 4.98 Å². The zero-order valence-corrected chi connectivity index (χ0v) is 14.0. The minimum Gasteiger partial charge on any atom is -0.481 e. The predicted molar refractivity (Wildman–Crippen MR) is 89.9 cm³/mol. The highest BCUT2D eigenvalue weighted by Gasteiger charge is 2.31. The molecule has 2 heterocycles. The molecule has 7 nitrogen and oxygen atoms in total. The number of hydrogen-bond donors (Lipinski definition) is 2. The molecule has 0 radical (unpaired) electrons. The molecule has 2 aliphatic rings. The maximum Gasteiger partial charge on any atom is 0.306 e. The van der Waals surface area contributed by atoms with Crippen molar-refractivity contribution in [2.24, 2.45) is 5.92 Å². The molecule has 8 heteroatoms. The Balaban J connectivity index is 1.44. The number of carboxylic acid groups (broad SMARTS) is 1. The number of benzene rings is 1. The van der Waals surface area contributed by atoms with Crippen LogP contribution < -0.4 is 14.8 Å². The molecular weight excluding hydrogens is 344 g/mol. The molecule has 1 aliphatic heterocycles. The number of hydrogen-bond acceptors (Lipinski definition) is 6. The number of carbonyl (C=O) groups excluding carboxylic acids is 1. The number of fused-ring (bicyclic) bond motifs is 1. The summed E-state index contributed by atoms with van der Waals surface area (Å²) in [6, 6.07) is 5.45. The third-order valence-corrected chi connectivity index (χ3v) is 5.51. The lowest BCUT2D eigenvalue weighted by Gasteiger charge is -2.10. The Kier molecular flexibility index (Phi) is 4.04. The minimum atomic E-state index is -0.792. The number of amides is 1. The first-order valence-corrected chi connectivity index (χ1v) is 8.81. The Hall–Kier alpha value is -2.61. The van der Waals surface area contributed by atoms with E-state index >= 15 is 0 Å². The maximum absolute atomic E-state index is 12.4. The van der Waals surface area contributed by atoms with E-state index in [0.717, 1.165) is 10.6 Å². The summed E-state index contributed by atoms with van der Waals surface area (Å²) in [6.45, 7) is 0.211. The standard InChI is InChI=1S/C17H16N2O5S/c20-15(19-11-3-1-10(5-11)17(21)22)14-7-18-16(25-14)9-2-4-12-13(6-9)24-8-23-12/h2,4,6-7,10-11H,1,3,5,8H2,(H,19,20)(H,21,22)/t10-,11+/m1/s1. The molecule has 4 rings (SSSR count). The average Bonchev–Trinajstić information content (AvgIpc) is 3.33. The fourth-order valence-electron chi connectivity index (χ4n) is 3.14. The molecule has 2 atom stereocenters. The third-order valence-electron chi connectivity index (χ3n) is 4.47. The summed E-state index contributed by atoms with van der Waals surface area (Å²) in [5.74, 6) is 0.00739. The number of nitrogens with zero attached hydrogens (tertiary/aromatic N) is 1. The summed E-state index contributed by atoms with van der Waals surface area (Å²) in [5.41, 5.74) is 0.861. The first-order chi connectivity index (χ1) is 12.1. The van der Waals surface area contributed by atoms with Crippen molar-refractivity contribution in [2.75, 3.05) is 6.79 Å². The van der Waals surface area contributed by atoms with Gasteiger partial charge in [-0.05, 0) is 37.5 Å². The largest absolute Gasteiger partial charge is 0.481 e. The number of ether oxygens (including phenoxy) is 2. The van der Waals surface area contributed by atoms with Crippen molar-refractivity contribution < 1.29 is 24.2 Å². The monoisotopic (exact) mass is 360 g/mol. The summed E-state index contributed by atoms with van der Waals surface area (Å²) in [7, 11) is 0. The van der Waals surface area contributed by atoms with Gasteiger partial charge in [-0.15, -0.1) is 11.3 Å². The van der Waals surface area contributed by atoms with Crippen LogP contribution >= 0.6 is 11.3 Å². The topological polar surface area (TPSA) is 97.8 Å². The smallest absolute Gasteiger partial charge is 0.306 e. The van der Waals surface area contributed by atoms with Crippen LogP contribution in [0.3, 0.4) is 0 Å². The van der Waals surface area contributed by atoms with E-state index < -0.39 is 5.97 Å². The molecular formula is C17H16N2O5S. The number of aromatic nitrogens is 1. The highest BCUT2D eigenvalue weighted by atomic mass is 32.1. The number of nitrogens with one attached hydrogen (secondary N) is 1. The number of rotatable bonds is 4. The van der Waals surface area contributed by atoms with Crippen molar-refractivity contribution in [1.29, 1.82) is 0 Å². The summed E-state index contributed by atoms with van der Waals surface area (Å²) in [4.78, 5) is 28.2. The molecule has 2 N–H and O–H groups in total. The molecule has 1 aromatic carbocycles. The summed E-state index contributed by atoms with van der Waals surface area (Å²) in [5, 5.41) is 12.7. The van der Waals surface area contributed by atoms with Gasteiger partial charge < -0.3 is 19.9 Å². The Morgan fingerprint density at radius 2 is 2.08 bits per heavy atom. The normalized spacial score (nSPS) is 21.3. The van der Waals surface area contributed by atoms with Crippen LogP contribution in [0, 0.1) is 5.92 Å². The van der Waals surface area contributed by atoms with Gasteiger partial charge in [0.05, 0.1) is 12.1 Å². The van der Waals surface area contributed by atoms with Crippen molar-refractivity contribution in [3.05, 3.63) is 29.3 Å². The van der Waals surface area contributed by atoms with Gasteiger partial charge in [0, 0.05) is 11.6 Å². The van der Waals surface area contributed by atoms with Gasteiger partial charge in [-0.2, -0.15) is 0 Å². The SMILES string of the molecule is O=C(N[C@H]1CC[C@@H](C(=O)O)C1)c1cnc(-c2ccc3c(c2)OCO3)s1. The van der Waals surface area contributed by atoms with Crippen LogP contribution in [0.15, 0.2) is 24.4 Å². The number of carbonyl (C=O) groups is 2. The van der Waals surface area contributed by atoms with Gasteiger partial charge in [-0.3, -0.25) is 9.59 Å². The zero-order chi connectivity index (χ0) is 17.4. The fourth-order valence-corrected chi connectivity index (χ4v) is 3.95. The zero-order valence-electron chi connectivity index (χ0n) is 13.2. The molecule has 0 unspecified atom stereocenters. The van der Waals surface area contributed by atoms with E-state index in [-0.39, 0.29) is 24.7 Å². The van der Waals surface area contributed by atoms with E-state index in [9.17, 15) is 9.59 Å². The van der Waals surface area contributed by atoms with Crippen LogP contribution in [0.5, 0.6) is 11.5 Å². The molecule has 0 saturated heterocycles. The van der Waals surface area contributed by atoms with Crippen LogP contribution in [0.4, 0.5) is 0 Å². The predicted octanol–water partition coefficient (Wildman–Crippen LogP) is 2.52. The second-order valence-corrected chi connectivity index (χ2v) is 7.15. The van der Waals surface area contributed by atoms with Crippen molar-refractivity contribution in [2.45, 2.75) is 25.3 Å². The number of thiazole rings is 1. The van der Waals surface area contributed by atoms with Crippen molar-refractivity contribution in [3.8, 4) is 22.1 Å². The average molecular weight is 360 g/mol. The number of carboxylic acids is 1. The van der Waals surface area contributed by atoms with E-state index in [1.54, 1.807) is 6.20 Å². The minimum absolute atomic E-state index is 0.0929.